The predicted octanol–water partition coefficient (Wildman–Crippen LogP) is 2.88. The molecule has 0 amide bonds. The van der Waals surface area contributed by atoms with Gasteiger partial charge in [-0.15, -0.1) is 0 Å². The zero-order valence-electron chi connectivity index (χ0n) is 13.1. The van der Waals surface area contributed by atoms with Crippen LogP contribution in [0.25, 0.3) is 0 Å². The van der Waals surface area contributed by atoms with Crippen molar-refractivity contribution in [3.8, 4) is 0 Å². The highest BCUT2D eigenvalue weighted by Gasteiger charge is 2.16. The molecular formula is C16H26N2O2. The molecule has 0 atom stereocenters. The third-order valence-electron chi connectivity index (χ3n) is 2.97. The Morgan fingerprint density at radius 1 is 1.40 bits per heavy atom. The van der Waals surface area contributed by atoms with Gasteiger partial charge < -0.3 is 4.74 Å². The van der Waals surface area contributed by atoms with Crippen LogP contribution < -0.4 is 0 Å². The lowest BCUT2D eigenvalue weighted by Crippen LogP contribution is -2.33. The molecule has 0 saturated heterocycles. The molecule has 0 saturated carbocycles. The standard InChI is InChI=1S/C16H26N2O2/c1-5-20-15(19)13-18(10-8-16(2,3)4)12-14-7-6-9-17-11-14/h6-7,9,11H,5,8,10,12-13H2,1-4H3. The second-order valence-corrected chi connectivity index (χ2v) is 6.19. The molecule has 0 aliphatic rings. The molecule has 0 unspecified atom stereocenters. The van der Waals surface area contributed by atoms with Crippen LogP contribution in [0.4, 0.5) is 0 Å². The molecule has 0 aromatic carbocycles. The van der Waals surface area contributed by atoms with Crippen LogP contribution in [0.1, 0.15) is 39.7 Å². The van der Waals surface area contributed by atoms with Gasteiger partial charge in [-0.25, -0.2) is 0 Å². The van der Waals surface area contributed by atoms with E-state index in [0.717, 1.165) is 25.1 Å². The van der Waals surface area contributed by atoms with Gasteiger partial charge in [0, 0.05) is 18.9 Å². The van der Waals surface area contributed by atoms with Crippen molar-refractivity contribution in [1.82, 2.24) is 9.88 Å². The summed E-state index contributed by atoms with van der Waals surface area (Å²) in [7, 11) is 0. The van der Waals surface area contributed by atoms with Crippen molar-refractivity contribution in [3.05, 3.63) is 30.1 Å². The Balaban J connectivity index is 2.61. The van der Waals surface area contributed by atoms with Crippen LogP contribution in [0.2, 0.25) is 0 Å². The van der Waals surface area contributed by atoms with E-state index in [9.17, 15) is 4.79 Å². The minimum atomic E-state index is -0.162. The first-order chi connectivity index (χ1) is 9.40. The van der Waals surface area contributed by atoms with Crippen molar-refractivity contribution in [2.45, 2.75) is 40.7 Å². The Hall–Kier alpha value is -1.42. The van der Waals surface area contributed by atoms with E-state index in [1.54, 1.807) is 6.20 Å². The molecular weight excluding hydrogens is 252 g/mol. The van der Waals surface area contributed by atoms with Crippen molar-refractivity contribution in [2.24, 2.45) is 5.41 Å². The quantitative estimate of drug-likeness (QED) is 0.719. The summed E-state index contributed by atoms with van der Waals surface area (Å²) in [6.45, 7) is 10.8. The van der Waals surface area contributed by atoms with Gasteiger partial charge in [0.15, 0.2) is 0 Å². The molecule has 1 heterocycles. The fourth-order valence-corrected chi connectivity index (χ4v) is 1.85. The van der Waals surface area contributed by atoms with Crippen molar-refractivity contribution < 1.29 is 9.53 Å². The van der Waals surface area contributed by atoms with E-state index in [2.05, 4.69) is 30.7 Å². The maximum Gasteiger partial charge on any atom is 0.320 e. The molecule has 1 aromatic heterocycles. The SMILES string of the molecule is CCOC(=O)CN(CCC(C)(C)C)Cc1cccnc1. The van der Waals surface area contributed by atoms with Gasteiger partial charge >= 0.3 is 5.97 Å². The van der Waals surface area contributed by atoms with E-state index >= 15 is 0 Å². The summed E-state index contributed by atoms with van der Waals surface area (Å²) in [5.74, 6) is -0.162. The topological polar surface area (TPSA) is 42.4 Å². The number of carbonyl (C=O) groups excluding carboxylic acids is 1. The molecule has 4 nitrogen and oxygen atoms in total. The molecule has 0 aliphatic carbocycles. The molecule has 0 radical (unpaired) electrons. The maximum absolute atomic E-state index is 11.7. The Bertz CT molecular complexity index is 399. The highest BCUT2D eigenvalue weighted by molar-refractivity contribution is 5.71. The summed E-state index contributed by atoms with van der Waals surface area (Å²) < 4.78 is 5.05. The van der Waals surface area contributed by atoms with Gasteiger partial charge in [0.25, 0.3) is 0 Å². The van der Waals surface area contributed by atoms with Crippen LogP contribution >= 0.6 is 0 Å². The fraction of sp³-hybridized carbons (Fsp3) is 0.625. The van der Waals surface area contributed by atoms with Crippen LogP contribution in [-0.2, 0) is 16.1 Å². The number of esters is 1. The molecule has 0 N–H and O–H groups in total. The maximum atomic E-state index is 11.7. The average Bonchev–Trinajstić information content (AvgIpc) is 2.36. The van der Waals surface area contributed by atoms with Crippen molar-refractivity contribution in [2.75, 3.05) is 19.7 Å². The summed E-state index contributed by atoms with van der Waals surface area (Å²) in [5.41, 5.74) is 1.37. The predicted molar refractivity (Wildman–Crippen MR) is 80.2 cm³/mol. The minimum absolute atomic E-state index is 0.162. The molecule has 112 valence electrons. The number of aromatic nitrogens is 1. The number of nitrogens with zero attached hydrogens (tertiary/aromatic N) is 2. The number of hydrogen-bond donors (Lipinski definition) is 0. The van der Waals surface area contributed by atoms with E-state index in [1.807, 2.05) is 25.3 Å². The molecule has 1 aromatic rings. The van der Waals surface area contributed by atoms with Crippen molar-refractivity contribution in [3.63, 3.8) is 0 Å². The van der Waals surface area contributed by atoms with Gasteiger partial charge in [0.1, 0.15) is 0 Å². The third kappa shape index (κ3) is 7.24. The van der Waals surface area contributed by atoms with Crippen LogP contribution in [-0.4, -0.2) is 35.5 Å². The molecule has 4 heteroatoms. The number of ether oxygens (including phenoxy) is 1. The number of rotatable bonds is 7. The Morgan fingerprint density at radius 3 is 2.70 bits per heavy atom. The van der Waals surface area contributed by atoms with E-state index in [1.165, 1.54) is 0 Å². The lowest BCUT2D eigenvalue weighted by molar-refractivity contribution is -0.144. The molecule has 0 aliphatic heterocycles. The van der Waals surface area contributed by atoms with E-state index in [-0.39, 0.29) is 11.4 Å². The molecule has 0 spiro atoms. The van der Waals surface area contributed by atoms with Crippen LogP contribution in [0.5, 0.6) is 0 Å². The highest BCUT2D eigenvalue weighted by Crippen LogP contribution is 2.19. The second kappa shape index (κ2) is 8.00. The summed E-state index contributed by atoms with van der Waals surface area (Å²) in [5, 5.41) is 0. The second-order valence-electron chi connectivity index (χ2n) is 6.19. The van der Waals surface area contributed by atoms with Crippen molar-refractivity contribution >= 4 is 5.97 Å². The van der Waals surface area contributed by atoms with E-state index in [0.29, 0.717) is 13.2 Å². The van der Waals surface area contributed by atoms with Gasteiger partial charge in [0.05, 0.1) is 13.2 Å². The van der Waals surface area contributed by atoms with Gasteiger partial charge in [-0.2, -0.15) is 0 Å². The lowest BCUT2D eigenvalue weighted by atomic mass is 9.92. The molecule has 0 bridgehead atoms. The lowest BCUT2D eigenvalue weighted by Gasteiger charge is -2.26. The summed E-state index contributed by atoms with van der Waals surface area (Å²) in [6, 6.07) is 3.95. The zero-order valence-corrected chi connectivity index (χ0v) is 13.1. The van der Waals surface area contributed by atoms with Gasteiger partial charge in [0.2, 0.25) is 0 Å². The first kappa shape index (κ1) is 16.6. The summed E-state index contributed by atoms with van der Waals surface area (Å²) >= 11 is 0. The minimum Gasteiger partial charge on any atom is -0.465 e. The monoisotopic (exact) mass is 278 g/mol. The van der Waals surface area contributed by atoms with Gasteiger partial charge in [-0.1, -0.05) is 26.8 Å². The number of hydrogen-bond acceptors (Lipinski definition) is 4. The Kier molecular flexibility index (Phi) is 6.65. The molecule has 1 rings (SSSR count). The normalized spacial score (nSPS) is 11.7. The zero-order chi connectivity index (χ0) is 15.0. The molecule has 0 fully saturated rings. The van der Waals surface area contributed by atoms with Gasteiger partial charge in [-0.05, 0) is 36.9 Å². The summed E-state index contributed by atoms with van der Waals surface area (Å²) in [4.78, 5) is 17.9. The Labute approximate surface area is 122 Å². The van der Waals surface area contributed by atoms with Crippen LogP contribution in [0, 0.1) is 5.41 Å². The first-order valence-corrected chi connectivity index (χ1v) is 7.17. The largest absolute Gasteiger partial charge is 0.465 e. The fourth-order valence-electron chi connectivity index (χ4n) is 1.85. The van der Waals surface area contributed by atoms with E-state index in [4.69, 9.17) is 4.74 Å². The average molecular weight is 278 g/mol. The first-order valence-electron chi connectivity index (χ1n) is 7.17. The number of pyridine rings is 1. The van der Waals surface area contributed by atoms with Gasteiger partial charge in [-0.3, -0.25) is 14.7 Å². The summed E-state index contributed by atoms with van der Waals surface area (Å²) in [6.07, 6.45) is 4.64. The Morgan fingerprint density at radius 2 is 2.15 bits per heavy atom. The van der Waals surface area contributed by atoms with Crippen molar-refractivity contribution in [1.29, 1.82) is 0 Å². The van der Waals surface area contributed by atoms with Crippen LogP contribution in [0.15, 0.2) is 24.5 Å². The third-order valence-corrected chi connectivity index (χ3v) is 2.97. The van der Waals surface area contributed by atoms with E-state index < -0.39 is 0 Å². The number of carbonyl (C=O) groups is 1. The molecule has 20 heavy (non-hydrogen) atoms. The smallest absolute Gasteiger partial charge is 0.320 e. The van der Waals surface area contributed by atoms with Crippen LogP contribution in [0.3, 0.4) is 0 Å². The highest BCUT2D eigenvalue weighted by atomic mass is 16.5.